The summed E-state index contributed by atoms with van der Waals surface area (Å²) in [6.45, 7) is 8.28. The Hall–Kier alpha value is -2.67. The molecule has 2 aromatic heterocycles. The standard InChI is InChI=1S/C29H40N2O4S/c1-5-7-9-11-13-21(3)34-27(32)24-17-15-23(16-18-24)25-19-31-20-26(36-29(31)30-25)28(33)35-22(4)14-12-10-8-6-2/h15-22H,5-14H2,1-4H3/t21-,22-/m0/s1. The number of hydrogen-bond acceptors (Lipinski definition) is 6. The highest BCUT2D eigenvalue weighted by atomic mass is 32.1. The summed E-state index contributed by atoms with van der Waals surface area (Å²) in [6, 6.07) is 7.31. The summed E-state index contributed by atoms with van der Waals surface area (Å²) in [5, 5.41) is 0. The molecule has 3 rings (SSSR count). The van der Waals surface area contributed by atoms with Crippen LogP contribution in [0.15, 0.2) is 36.7 Å². The lowest BCUT2D eigenvalue weighted by atomic mass is 10.1. The maximum absolute atomic E-state index is 12.5. The van der Waals surface area contributed by atoms with Crippen molar-refractivity contribution >= 4 is 28.2 Å². The van der Waals surface area contributed by atoms with Crippen LogP contribution in [0, 0.1) is 0 Å². The van der Waals surface area contributed by atoms with Crippen molar-refractivity contribution in [2.45, 2.75) is 104 Å². The zero-order valence-corrected chi connectivity index (χ0v) is 22.9. The smallest absolute Gasteiger partial charge is 0.350 e. The van der Waals surface area contributed by atoms with E-state index in [1.165, 1.54) is 49.9 Å². The van der Waals surface area contributed by atoms with E-state index in [0.717, 1.165) is 41.9 Å². The Morgan fingerprint density at radius 1 is 0.833 bits per heavy atom. The fourth-order valence-electron chi connectivity index (χ4n) is 4.13. The number of hydrogen-bond donors (Lipinski definition) is 0. The van der Waals surface area contributed by atoms with E-state index in [1.54, 1.807) is 18.3 Å². The number of fused-ring (bicyclic) bond motifs is 1. The van der Waals surface area contributed by atoms with Gasteiger partial charge in [-0.1, -0.05) is 75.8 Å². The molecule has 0 aliphatic rings. The first-order valence-corrected chi connectivity index (χ1v) is 14.2. The average molecular weight is 513 g/mol. The molecule has 6 nitrogen and oxygen atoms in total. The Labute approximate surface area is 219 Å². The van der Waals surface area contributed by atoms with Crippen LogP contribution in [0.25, 0.3) is 16.2 Å². The number of imidazole rings is 1. The third-order valence-electron chi connectivity index (χ3n) is 6.32. The van der Waals surface area contributed by atoms with Gasteiger partial charge in [0.15, 0.2) is 4.96 Å². The SMILES string of the molecule is CCCCCC[C@H](C)OC(=O)c1ccc(-c2cn3cc(C(=O)O[C@@H](C)CCCCCC)sc3n2)cc1. The number of esters is 2. The number of benzene rings is 1. The zero-order chi connectivity index (χ0) is 25.9. The van der Waals surface area contributed by atoms with Crippen LogP contribution in [0.4, 0.5) is 0 Å². The van der Waals surface area contributed by atoms with E-state index in [4.69, 9.17) is 9.47 Å². The van der Waals surface area contributed by atoms with E-state index in [1.807, 2.05) is 36.6 Å². The van der Waals surface area contributed by atoms with Crippen LogP contribution in [0.5, 0.6) is 0 Å². The number of rotatable bonds is 15. The maximum atomic E-state index is 12.5. The quantitative estimate of drug-likeness (QED) is 0.152. The van der Waals surface area contributed by atoms with Gasteiger partial charge in [0.2, 0.25) is 0 Å². The Kier molecular flexibility index (Phi) is 11.0. The van der Waals surface area contributed by atoms with Gasteiger partial charge in [-0.3, -0.25) is 4.40 Å². The average Bonchev–Trinajstić information content (AvgIpc) is 3.44. The summed E-state index contributed by atoms with van der Waals surface area (Å²) >= 11 is 1.32. The number of aromatic nitrogens is 2. The molecule has 0 spiro atoms. The number of carbonyl (C=O) groups is 2. The molecule has 0 unspecified atom stereocenters. The van der Waals surface area contributed by atoms with Crippen molar-refractivity contribution in [3.8, 4) is 11.3 Å². The van der Waals surface area contributed by atoms with E-state index < -0.39 is 0 Å². The van der Waals surface area contributed by atoms with Crippen molar-refractivity contribution in [2.75, 3.05) is 0 Å². The Balaban J connectivity index is 1.54. The number of thiazole rings is 1. The van der Waals surface area contributed by atoms with Crippen LogP contribution >= 0.6 is 11.3 Å². The molecule has 36 heavy (non-hydrogen) atoms. The molecule has 0 N–H and O–H groups in total. The van der Waals surface area contributed by atoms with Crippen LogP contribution in [0.1, 0.15) is 112 Å². The van der Waals surface area contributed by atoms with Crippen molar-refractivity contribution in [1.82, 2.24) is 9.38 Å². The lowest BCUT2D eigenvalue weighted by Crippen LogP contribution is -2.15. The normalized spacial score (nSPS) is 13.0. The summed E-state index contributed by atoms with van der Waals surface area (Å²) in [5.41, 5.74) is 2.23. The van der Waals surface area contributed by atoms with E-state index in [2.05, 4.69) is 18.8 Å². The molecule has 0 bridgehead atoms. The molecule has 0 aliphatic heterocycles. The zero-order valence-electron chi connectivity index (χ0n) is 22.1. The summed E-state index contributed by atoms with van der Waals surface area (Å²) in [7, 11) is 0. The minimum Gasteiger partial charge on any atom is -0.459 e. The van der Waals surface area contributed by atoms with Crippen LogP contribution in [0.2, 0.25) is 0 Å². The summed E-state index contributed by atoms with van der Waals surface area (Å²) in [4.78, 5) is 30.9. The number of ether oxygens (including phenoxy) is 2. The van der Waals surface area contributed by atoms with Gasteiger partial charge in [-0.05, 0) is 51.7 Å². The second-order valence-electron chi connectivity index (χ2n) is 9.62. The van der Waals surface area contributed by atoms with E-state index >= 15 is 0 Å². The van der Waals surface area contributed by atoms with Crippen LogP contribution < -0.4 is 0 Å². The van der Waals surface area contributed by atoms with Crippen molar-refractivity contribution in [3.63, 3.8) is 0 Å². The molecule has 2 heterocycles. The first kappa shape index (κ1) is 27.9. The van der Waals surface area contributed by atoms with E-state index in [9.17, 15) is 9.59 Å². The molecular formula is C29H40N2O4S. The lowest BCUT2D eigenvalue weighted by molar-refractivity contribution is 0.0311. The molecule has 7 heteroatoms. The molecule has 1 aromatic carbocycles. The molecule has 0 saturated carbocycles. The largest absolute Gasteiger partial charge is 0.459 e. The third kappa shape index (κ3) is 8.19. The summed E-state index contributed by atoms with van der Waals surface area (Å²) in [5.74, 6) is -0.587. The monoisotopic (exact) mass is 512 g/mol. The molecule has 0 radical (unpaired) electrons. The van der Waals surface area contributed by atoms with Crippen LogP contribution in [-0.2, 0) is 9.47 Å². The van der Waals surface area contributed by atoms with Crippen molar-refractivity contribution in [1.29, 1.82) is 0 Å². The maximum Gasteiger partial charge on any atom is 0.350 e. The van der Waals surface area contributed by atoms with Gasteiger partial charge in [0.25, 0.3) is 0 Å². The molecule has 3 aromatic rings. The second kappa shape index (κ2) is 14.2. The Bertz CT molecular complexity index is 1070. The molecule has 0 amide bonds. The number of carbonyl (C=O) groups excluding carboxylic acids is 2. The predicted molar refractivity (Wildman–Crippen MR) is 146 cm³/mol. The minimum absolute atomic E-state index is 0.0844. The lowest BCUT2D eigenvalue weighted by Gasteiger charge is -2.13. The fourth-order valence-corrected chi connectivity index (χ4v) is 4.98. The molecular weight excluding hydrogens is 472 g/mol. The highest BCUT2D eigenvalue weighted by Crippen LogP contribution is 2.25. The number of unbranched alkanes of at least 4 members (excludes halogenated alkanes) is 6. The Morgan fingerprint density at radius 2 is 1.42 bits per heavy atom. The summed E-state index contributed by atoms with van der Waals surface area (Å²) < 4.78 is 13.1. The van der Waals surface area contributed by atoms with Gasteiger partial charge in [-0.2, -0.15) is 0 Å². The van der Waals surface area contributed by atoms with Gasteiger partial charge >= 0.3 is 11.9 Å². The minimum atomic E-state index is -0.294. The van der Waals surface area contributed by atoms with Crippen molar-refractivity contribution in [3.05, 3.63) is 47.1 Å². The van der Waals surface area contributed by atoms with Gasteiger partial charge in [0.1, 0.15) is 4.88 Å². The van der Waals surface area contributed by atoms with Crippen molar-refractivity contribution < 1.29 is 19.1 Å². The molecule has 2 atom stereocenters. The molecule has 196 valence electrons. The van der Waals surface area contributed by atoms with Gasteiger partial charge in [-0.25, -0.2) is 14.6 Å². The fraction of sp³-hybridized carbons (Fsp3) is 0.552. The molecule has 0 aliphatic carbocycles. The molecule has 0 fully saturated rings. The van der Waals surface area contributed by atoms with Gasteiger partial charge in [0, 0.05) is 18.0 Å². The summed E-state index contributed by atoms with van der Waals surface area (Å²) in [6.07, 6.45) is 14.6. The van der Waals surface area contributed by atoms with Gasteiger partial charge in [-0.15, -0.1) is 0 Å². The van der Waals surface area contributed by atoms with E-state index in [-0.39, 0.29) is 24.1 Å². The predicted octanol–water partition coefficient (Wildman–Crippen LogP) is 8.09. The first-order chi connectivity index (χ1) is 17.4. The van der Waals surface area contributed by atoms with Gasteiger partial charge in [0.05, 0.1) is 23.5 Å². The third-order valence-corrected chi connectivity index (χ3v) is 7.30. The number of nitrogens with zero attached hydrogens (tertiary/aromatic N) is 2. The van der Waals surface area contributed by atoms with Crippen molar-refractivity contribution in [2.24, 2.45) is 0 Å². The van der Waals surface area contributed by atoms with E-state index in [0.29, 0.717) is 10.4 Å². The Morgan fingerprint density at radius 3 is 1.97 bits per heavy atom. The van der Waals surface area contributed by atoms with Gasteiger partial charge < -0.3 is 9.47 Å². The second-order valence-corrected chi connectivity index (χ2v) is 10.6. The topological polar surface area (TPSA) is 69.9 Å². The molecule has 0 saturated heterocycles. The highest BCUT2D eigenvalue weighted by Gasteiger charge is 2.18. The van der Waals surface area contributed by atoms with Crippen LogP contribution in [-0.4, -0.2) is 33.5 Å². The first-order valence-electron chi connectivity index (χ1n) is 13.4. The highest BCUT2D eigenvalue weighted by molar-refractivity contribution is 7.18. The van der Waals surface area contributed by atoms with Crippen LogP contribution in [0.3, 0.4) is 0 Å².